The molecular weight excluding hydrogens is 268 g/mol. The van der Waals surface area contributed by atoms with Crippen molar-refractivity contribution in [2.24, 2.45) is 23.7 Å². The number of fused-ring (bicyclic) bond motifs is 5. The number of carbonyl (C=O) groups excluding carboxylic acids is 2. The SMILES string of the molecule is O=C(CCl)OCC(=O)OC1CCC2C3CCC(C3)C12. The summed E-state index contributed by atoms with van der Waals surface area (Å²) in [4.78, 5) is 22.5. The lowest BCUT2D eigenvalue weighted by molar-refractivity contribution is -0.163. The Balaban J connectivity index is 1.51. The Labute approximate surface area is 117 Å². The zero-order valence-corrected chi connectivity index (χ0v) is 11.6. The monoisotopic (exact) mass is 286 g/mol. The Morgan fingerprint density at radius 3 is 2.63 bits per heavy atom. The quantitative estimate of drug-likeness (QED) is 0.587. The Hall–Kier alpha value is -0.770. The first kappa shape index (κ1) is 13.2. The van der Waals surface area contributed by atoms with Crippen molar-refractivity contribution >= 4 is 23.5 Å². The van der Waals surface area contributed by atoms with Crippen molar-refractivity contribution in [1.82, 2.24) is 0 Å². The van der Waals surface area contributed by atoms with E-state index in [-0.39, 0.29) is 18.6 Å². The number of ether oxygens (including phenoxy) is 2. The third-order valence-corrected chi connectivity index (χ3v) is 5.33. The van der Waals surface area contributed by atoms with Gasteiger partial charge in [-0.1, -0.05) is 0 Å². The zero-order chi connectivity index (χ0) is 13.4. The molecule has 2 bridgehead atoms. The van der Waals surface area contributed by atoms with E-state index < -0.39 is 11.9 Å². The molecule has 0 N–H and O–H groups in total. The zero-order valence-electron chi connectivity index (χ0n) is 10.8. The number of alkyl halides is 1. The predicted octanol–water partition coefficient (Wildman–Crippen LogP) is 2.14. The molecule has 106 valence electrons. The molecule has 4 nitrogen and oxygen atoms in total. The molecule has 0 aromatic rings. The van der Waals surface area contributed by atoms with E-state index in [1.165, 1.54) is 25.7 Å². The Morgan fingerprint density at radius 1 is 1.05 bits per heavy atom. The number of hydrogen-bond donors (Lipinski definition) is 0. The lowest BCUT2D eigenvalue weighted by Crippen LogP contribution is -2.31. The minimum atomic E-state index is -0.581. The van der Waals surface area contributed by atoms with Gasteiger partial charge < -0.3 is 9.47 Å². The van der Waals surface area contributed by atoms with Crippen molar-refractivity contribution in [1.29, 1.82) is 0 Å². The van der Waals surface area contributed by atoms with Gasteiger partial charge in [0.1, 0.15) is 12.0 Å². The second-order valence-corrected chi connectivity index (χ2v) is 6.24. The first-order chi connectivity index (χ1) is 9.19. The maximum absolute atomic E-state index is 11.7. The van der Waals surface area contributed by atoms with Crippen molar-refractivity contribution in [2.45, 2.75) is 38.2 Å². The van der Waals surface area contributed by atoms with Gasteiger partial charge in [-0.3, -0.25) is 4.79 Å². The summed E-state index contributed by atoms with van der Waals surface area (Å²) in [5.41, 5.74) is 0. The highest BCUT2D eigenvalue weighted by molar-refractivity contribution is 6.26. The van der Waals surface area contributed by atoms with Gasteiger partial charge in [-0.15, -0.1) is 11.6 Å². The Morgan fingerprint density at radius 2 is 1.84 bits per heavy atom. The molecule has 3 rings (SSSR count). The average Bonchev–Trinajstić information content (AvgIpc) is 3.09. The van der Waals surface area contributed by atoms with Crippen LogP contribution < -0.4 is 0 Å². The van der Waals surface area contributed by atoms with Crippen LogP contribution >= 0.6 is 11.6 Å². The lowest BCUT2D eigenvalue weighted by Gasteiger charge is -2.28. The lowest BCUT2D eigenvalue weighted by atomic mass is 9.81. The molecule has 0 spiro atoms. The van der Waals surface area contributed by atoms with E-state index in [0.717, 1.165) is 24.2 Å². The molecule has 19 heavy (non-hydrogen) atoms. The van der Waals surface area contributed by atoms with Gasteiger partial charge in [-0.25, -0.2) is 4.79 Å². The first-order valence-corrected chi connectivity index (χ1v) is 7.63. The minimum absolute atomic E-state index is 0.0440. The van der Waals surface area contributed by atoms with E-state index in [1.807, 2.05) is 0 Å². The normalized spacial score (nSPS) is 39.1. The summed E-state index contributed by atoms with van der Waals surface area (Å²) in [6, 6.07) is 0. The van der Waals surface area contributed by atoms with Gasteiger partial charge in [-0.05, 0) is 49.9 Å². The number of rotatable bonds is 4. The largest absolute Gasteiger partial charge is 0.460 e. The minimum Gasteiger partial charge on any atom is -0.460 e. The summed E-state index contributed by atoms with van der Waals surface area (Å²) < 4.78 is 10.2. The summed E-state index contributed by atoms with van der Waals surface area (Å²) in [5.74, 6) is 1.70. The van der Waals surface area contributed by atoms with Crippen LogP contribution in [-0.4, -0.2) is 30.5 Å². The molecule has 0 heterocycles. The van der Waals surface area contributed by atoms with Crippen LogP contribution in [0.1, 0.15) is 32.1 Å². The second kappa shape index (κ2) is 5.31. The fourth-order valence-corrected chi connectivity index (χ4v) is 4.61. The van der Waals surface area contributed by atoms with E-state index in [4.69, 9.17) is 21.1 Å². The highest BCUT2D eigenvalue weighted by Crippen LogP contribution is 2.59. The van der Waals surface area contributed by atoms with Gasteiger partial charge in [-0.2, -0.15) is 0 Å². The summed E-state index contributed by atoms with van der Waals surface area (Å²) in [5, 5.41) is 0. The molecule has 5 heteroatoms. The van der Waals surface area contributed by atoms with Crippen molar-refractivity contribution in [2.75, 3.05) is 12.5 Å². The molecule has 0 aromatic carbocycles. The third-order valence-electron chi connectivity index (χ3n) is 5.11. The van der Waals surface area contributed by atoms with E-state index in [9.17, 15) is 9.59 Å². The van der Waals surface area contributed by atoms with Crippen LogP contribution in [0.4, 0.5) is 0 Å². The number of esters is 2. The molecule has 0 aromatic heterocycles. The van der Waals surface area contributed by atoms with Gasteiger partial charge in [0.2, 0.25) is 0 Å². The van der Waals surface area contributed by atoms with E-state index in [2.05, 4.69) is 0 Å². The molecule has 3 aliphatic carbocycles. The van der Waals surface area contributed by atoms with Gasteiger partial charge in [0, 0.05) is 5.92 Å². The molecule has 3 aliphatic rings. The number of hydrogen-bond acceptors (Lipinski definition) is 4. The third kappa shape index (κ3) is 2.47. The average molecular weight is 287 g/mol. The molecule has 3 fully saturated rings. The van der Waals surface area contributed by atoms with Crippen LogP contribution in [0, 0.1) is 23.7 Å². The van der Waals surface area contributed by atoms with Crippen molar-refractivity contribution in [3.63, 3.8) is 0 Å². The first-order valence-electron chi connectivity index (χ1n) is 7.10. The van der Waals surface area contributed by atoms with Crippen LogP contribution in [0.2, 0.25) is 0 Å². The smallest absolute Gasteiger partial charge is 0.344 e. The van der Waals surface area contributed by atoms with Gasteiger partial charge in [0.15, 0.2) is 6.61 Å². The summed E-state index contributed by atoms with van der Waals surface area (Å²) in [6.07, 6.45) is 6.18. The fraction of sp³-hybridized carbons (Fsp3) is 0.857. The van der Waals surface area contributed by atoms with Crippen molar-refractivity contribution in [3.05, 3.63) is 0 Å². The van der Waals surface area contributed by atoms with Gasteiger partial charge in [0.05, 0.1) is 0 Å². The van der Waals surface area contributed by atoms with E-state index in [1.54, 1.807) is 0 Å². The van der Waals surface area contributed by atoms with E-state index in [0.29, 0.717) is 5.92 Å². The highest BCUT2D eigenvalue weighted by atomic mass is 35.5. The van der Waals surface area contributed by atoms with Crippen LogP contribution in [0.25, 0.3) is 0 Å². The second-order valence-electron chi connectivity index (χ2n) is 5.97. The highest BCUT2D eigenvalue weighted by Gasteiger charge is 2.54. The molecule has 0 aliphatic heterocycles. The standard InChI is InChI=1S/C14H19ClO4/c15-6-12(16)18-7-13(17)19-11-4-3-10-8-1-2-9(5-8)14(10)11/h8-11,14H,1-7H2. The van der Waals surface area contributed by atoms with Crippen LogP contribution in [0.5, 0.6) is 0 Å². The summed E-state index contributed by atoms with van der Waals surface area (Å²) in [6.45, 7) is -0.312. The predicted molar refractivity (Wildman–Crippen MR) is 68.6 cm³/mol. The maximum atomic E-state index is 11.7. The molecular formula is C14H19ClO4. The summed E-state index contributed by atoms with van der Waals surface area (Å²) in [7, 11) is 0. The molecule has 0 radical (unpaired) electrons. The Bertz CT molecular complexity index is 384. The van der Waals surface area contributed by atoms with Crippen molar-refractivity contribution < 1.29 is 19.1 Å². The van der Waals surface area contributed by atoms with Crippen LogP contribution in [0.15, 0.2) is 0 Å². The molecule has 3 saturated carbocycles. The van der Waals surface area contributed by atoms with Gasteiger partial charge >= 0.3 is 11.9 Å². The maximum Gasteiger partial charge on any atom is 0.344 e. The van der Waals surface area contributed by atoms with Crippen LogP contribution in [0.3, 0.4) is 0 Å². The number of carbonyl (C=O) groups is 2. The molecule has 0 saturated heterocycles. The molecule has 0 amide bonds. The fourth-order valence-electron chi connectivity index (χ4n) is 4.53. The topological polar surface area (TPSA) is 52.6 Å². The van der Waals surface area contributed by atoms with Gasteiger partial charge in [0.25, 0.3) is 0 Å². The van der Waals surface area contributed by atoms with Crippen LogP contribution in [-0.2, 0) is 19.1 Å². The summed E-state index contributed by atoms with van der Waals surface area (Å²) >= 11 is 5.29. The van der Waals surface area contributed by atoms with E-state index >= 15 is 0 Å². The number of halogens is 1. The molecule has 5 atom stereocenters. The Kier molecular flexibility index (Phi) is 3.70. The van der Waals surface area contributed by atoms with Crippen molar-refractivity contribution in [3.8, 4) is 0 Å². The molecule has 5 unspecified atom stereocenters.